The molecule has 0 unspecified atom stereocenters. The van der Waals surface area contributed by atoms with E-state index < -0.39 is 10.0 Å². The highest BCUT2D eigenvalue weighted by Gasteiger charge is 2.25. The Kier molecular flexibility index (Phi) is 5.46. The molecule has 0 aliphatic carbocycles. The van der Waals surface area contributed by atoms with Gasteiger partial charge in [0.15, 0.2) is 0 Å². The summed E-state index contributed by atoms with van der Waals surface area (Å²) >= 11 is 0. The summed E-state index contributed by atoms with van der Waals surface area (Å²) in [5.41, 5.74) is 2.19. The van der Waals surface area contributed by atoms with Gasteiger partial charge in [-0.3, -0.25) is 4.31 Å². The number of nitrogens with zero attached hydrogens (tertiary/aromatic N) is 1. The molecule has 0 amide bonds. The number of hydrogen-bond acceptors (Lipinski definition) is 3. The highest BCUT2D eigenvalue weighted by atomic mass is 32.2. The van der Waals surface area contributed by atoms with Crippen molar-refractivity contribution < 1.29 is 17.5 Å². The molecular formula is C21H20FNO3S. The zero-order chi connectivity index (χ0) is 19.4. The first-order valence-electron chi connectivity index (χ1n) is 8.38. The molecule has 0 atom stereocenters. The van der Waals surface area contributed by atoms with Crippen LogP contribution in [-0.2, 0) is 16.6 Å². The van der Waals surface area contributed by atoms with Gasteiger partial charge < -0.3 is 4.74 Å². The molecule has 0 saturated carbocycles. The molecule has 3 rings (SSSR count). The number of ether oxygens (including phenoxy) is 1. The summed E-state index contributed by atoms with van der Waals surface area (Å²) in [6.45, 7) is 2.00. The van der Waals surface area contributed by atoms with E-state index in [4.69, 9.17) is 4.74 Å². The van der Waals surface area contributed by atoms with Crippen molar-refractivity contribution in [2.45, 2.75) is 18.4 Å². The molecule has 0 radical (unpaired) electrons. The van der Waals surface area contributed by atoms with Crippen LogP contribution >= 0.6 is 0 Å². The Labute approximate surface area is 158 Å². The maximum atomic E-state index is 13.3. The third-order valence-corrected chi connectivity index (χ3v) is 5.96. The van der Waals surface area contributed by atoms with Gasteiger partial charge in [0.05, 0.1) is 24.2 Å². The van der Waals surface area contributed by atoms with Crippen molar-refractivity contribution in [3.05, 3.63) is 89.7 Å². The van der Waals surface area contributed by atoms with Gasteiger partial charge in [0.25, 0.3) is 10.0 Å². The fourth-order valence-corrected chi connectivity index (χ4v) is 4.17. The van der Waals surface area contributed by atoms with Gasteiger partial charge in [-0.15, -0.1) is 0 Å². The van der Waals surface area contributed by atoms with Gasteiger partial charge in [-0.2, -0.15) is 0 Å². The Morgan fingerprint density at radius 3 is 2.22 bits per heavy atom. The first kappa shape index (κ1) is 18.9. The Balaban J connectivity index is 2.05. The second-order valence-corrected chi connectivity index (χ2v) is 8.01. The Morgan fingerprint density at radius 2 is 1.63 bits per heavy atom. The van der Waals surface area contributed by atoms with E-state index in [9.17, 15) is 12.8 Å². The summed E-state index contributed by atoms with van der Waals surface area (Å²) in [7, 11) is -2.30. The van der Waals surface area contributed by atoms with E-state index in [0.29, 0.717) is 17.0 Å². The molecule has 0 aliphatic heterocycles. The smallest absolute Gasteiger partial charge is 0.264 e. The molecule has 3 aromatic rings. The predicted octanol–water partition coefficient (Wildman–Crippen LogP) is 4.54. The first-order valence-corrected chi connectivity index (χ1v) is 9.82. The standard InChI is InChI=1S/C21H20FNO3S/c1-16-4-3-5-19(14-16)23(15-17-6-8-18(22)9-7-17)27(24,25)21-12-10-20(26-2)11-13-21/h3-14H,15H2,1-2H3. The molecule has 0 aromatic heterocycles. The van der Waals surface area contributed by atoms with Crippen LogP contribution in [0.4, 0.5) is 10.1 Å². The minimum Gasteiger partial charge on any atom is -0.497 e. The molecule has 0 spiro atoms. The third-order valence-electron chi connectivity index (χ3n) is 4.18. The monoisotopic (exact) mass is 385 g/mol. The molecular weight excluding hydrogens is 365 g/mol. The van der Waals surface area contributed by atoms with E-state index in [0.717, 1.165) is 5.56 Å². The summed E-state index contributed by atoms with van der Waals surface area (Å²) in [5, 5.41) is 0. The number of hydrogen-bond donors (Lipinski definition) is 0. The number of rotatable bonds is 6. The lowest BCUT2D eigenvalue weighted by Crippen LogP contribution is -2.30. The third kappa shape index (κ3) is 4.28. The maximum absolute atomic E-state index is 13.3. The largest absolute Gasteiger partial charge is 0.497 e. The number of methoxy groups -OCH3 is 1. The molecule has 3 aromatic carbocycles. The van der Waals surface area contributed by atoms with Crippen molar-refractivity contribution in [1.29, 1.82) is 0 Å². The van der Waals surface area contributed by atoms with Crippen LogP contribution in [0.3, 0.4) is 0 Å². The number of benzene rings is 3. The van der Waals surface area contributed by atoms with Crippen LogP contribution in [0.15, 0.2) is 77.7 Å². The topological polar surface area (TPSA) is 46.6 Å². The van der Waals surface area contributed by atoms with Gasteiger partial charge in [-0.25, -0.2) is 12.8 Å². The number of aryl methyl sites for hydroxylation is 1. The summed E-state index contributed by atoms with van der Waals surface area (Å²) < 4.78 is 46.3. The van der Waals surface area contributed by atoms with Crippen molar-refractivity contribution in [1.82, 2.24) is 0 Å². The van der Waals surface area contributed by atoms with Crippen LogP contribution in [0.1, 0.15) is 11.1 Å². The van der Waals surface area contributed by atoms with Gasteiger partial charge in [0.2, 0.25) is 0 Å². The average molecular weight is 385 g/mol. The van der Waals surface area contributed by atoms with Crippen LogP contribution in [0.25, 0.3) is 0 Å². The molecule has 0 fully saturated rings. The minimum absolute atomic E-state index is 0.0953. The Bertz CT molecular complexity index is 1020. The summed E-state index contributed by atoms with van der Waals surface area (Å²) in [6.07, 6.45) is 0. The average Bonchev–Trinajstić information content (AvgIpc) is 2.67. The first-order chi connectivity index (χ1) is 12.9. The maximum Gasteiger partial charge on any atom is 0.264 e. The molecule has 27 heavy (non-hydrogen) atoms. The molecule has 6 heteroatoms. The van der Waals surface area contributed by atoms with E-state index in [1.54, 1.807) is 30.3 Å². The van der Waals surface area contributed by atoms with E-state index in [-0.39, 0.29) is 17.3 Å². The lowest BCUT2D eigenvalue weighted by atomic mass is 10.2. The summed E-state index contributed by atoms with van der Waals surface area (Å²) in [4.78, 5) is 0.159. The van der Waals surface area contributed by atoms with Gasteiger partial charge in [-0.05, 0) is 66.6 Å². The van der Waals surface area contributed by atoms with E-state index in [1.807, 2.05) is 25.1 Å². The lowest BCUT2D eigenvalue weighted by molar-refractivity contribution is 0.414. The molecule has 0 aliphatic rings. The zero-order valence-electron chi connectivity index (χ0n) is 15.1. The van der Waals surface area contributed by atoms with Gasteiger partial charge in [-0.1, -0.05) is 24.3 Å². The van der Waals surface area contributed by atoms with E-state index in [1.165, 1.54) is 35.7 Å². The fraction of sp³-hybridized carbons (Fsp3) is 0.143. The van der Waals surface area contributed by atoms with Crippen LogP contribution < -0.4 is 9.04 Å². The SMILES string of the molecule is COc1ccc(S(=O)(=O)N(Cc2ccc(F)cc2)c2cccc(C)c2)cc1. The van der Waals surface area contributed by atoms with Crippen LogP contribution in [0, 0.1) is 12.7 Å². The minimum atomic E-state index is -3.82. The molecule has 0 N–H and O–H groups in total. The molecule has 140 valence electrons. The number of anilines is 1. The van der Waals surface area contributed by atoms with Crippen molar-refractivity contribution in [3.8, 4) is 5.75 Å². The van der Waals surface area contributed by atoms with Crippen molar-refractivity contribution >= 4 is 15.7 Å². The predicted molar refractivity (Wildman–Crippen MR) is 104 cm³/mol. The fourth-order valence-electron chi connectivity index (χ4n) is 2.73. The number of sulfonamides is 1. The quantitative estimate of drug-likeness (QED) is 0.626. The Morgan fingerprint density at radius 1 is 0.963 bits per heavy atom. The molecule has 4 nitrogen and oxygen atoms in total. The highest BCUT2D eigenvalue weighted by molar-refractivity contribution is 7.92. The van der Waals surface area contributed by atoms with Crippen LogP contribution in [-0.4, -0.2) is 15.5 Å². The lowest BCUT2D eigenvalue weighted by Gasteiger charge is -2.25. The summed E-state index contributed by atoms with van der Waals surface area (Å²) in [5.74, 6) is 0.216. The zero-order valence-corrected chi connectivity index (χ0v) is 15.9. The molecule has 0 bridgehead atoms. The van der Waals surface area contributed by atoms with Gasteiger partial charge >= 0.3 is 0 Å². The molecule has 0 saturated heterocycles. The van der Waals surface area contributed by atoms with Crippen molar-refractivity contribution in [2.24, 2.45) is 0 Å². The normalized spacial score (nSPS) is 11.2. The van der Waals surface area contributed by atoms with Crippen molar-refractivity contribution in [3.63, 3.8) is 0 Å². The van der Waals surface area contributed by atoms with E-state index >= 15 is 0 Å². The second-order valence-electron chi connectivity index (χ2n) is 6.15. The Hall–Kier alpha value is -2.86. The number of halogens is 1. The summed E-state index contributed by atoms with van der Waals surface area (Å²) in [6, 6.07) is 19.3. The van der Waals surface area contributed by atoms with E-state index in [2.05, 4.69) is 0 Å². The molecule has 0 heterocycles. The van der Waals surface area contributed by atoms with Crippen molar-refractivity contribution in [2.75, 3.05) is 11.4 Å². The van der Waals surface area contributed by atoms with Gasteiger partial charge in [0, 0.05) is 0 Å². The second kappa shape index (κ2) is 7.80. The van der Waals surface area contributed by atoms with Crippen LogP contribution in [0.5, 0.6) is 5.75 Å². The van der Waals surface area contributed by atoms with Crippen LogP contribution in [0.2, 0.25) is 0 Å². The highest BCUT2D eigenvalue weighted by Crippen LogP contribution is 2.27. The van der Waals surface area contributed by atoms with Gasteiger partial charge in [0.1, 0.15) is 11.6 Å².